The summed E-state index contributed by atoms with van der Waals surface area (Å²) in [7, 11) is 0. The number of ether oxygens (including phenoxy) is 3. The molecule has 0 spiro atoms. The molecule has 0 bridgehead atoms. The van der Waals surface area contributed by atoms with Crippen molar-refractivity contribution in [3.63, 3.8) is 0 Å². The van der Waals surface area contributed by atoms with Gasteiger partial charge in [0, 0.05) is 32.3 Å². The Morgan fingerprint density at radius 1 is 1.13 bits per heavy atom. The SMILES string of the molecule is CC(C)(C)CN(CCCO)CCCOc1ccc2c(c1)OCO2. The largest absolute Gasteiger partial charge is 0.493 e. The number of aliphatic hydroxyl groups excluding tert-OH is 1. The molecule has 0 saturated heterocycles. The number of aliphatic hydroxyl groups is 1. The standard InChI is InChI=1S/C18H29NO4/c1-18(2,3)13-19(8-4-10-20)9-5-11-21-15-6-7-16-17(12-15)23-14-22-16/h6-7,12,20H,4-5,8-11,13-14H2,1-3H3. The fourth-order valence-corrected chi connectivity index (χ4v) is 2.68. The lowest BCUT2D eigenvalue weighted by molar-refractivity contribution is 0.161. The van der Waals surface area contributed by atoms with E-state index >= 15 is 0 Å². The van der Waals surface area contributed by atoms with E-state index in [1.54, 1.807) is 0 Å². The van der Waals surface area contributed by atoms with Crippen LogP contribution in [0.25, 0.3) is 0 Å². The number of hydrogen-bond donors (Lipinski definition) is 1. The van der Waals surface area contributed by atoms with Gasteiger partial charge in [0.25, 0.3) is 0 Å². The summed E-state index contributed by atoms with van der Waals surface area (Å²) in [5.41, 5.74) is 0.258. The molecule has 0 radical (unpaired) electrons. The molecule has 0 atom stereocenters. The Morgan fingerprint density at radius 2 is 1.87 bits per heavy atom. The maximum absolute atomic E-state index is 9.04. The maximum Gasteiger partial charge on any atom is 0.231 e. The van der Waals surface area contributed by atoms with Gasteiger partial charge in [-0.1, -0.05) is 20.8 Å². The van der Waals surface area contributed by atoms with Crippen LogP contribution in [0.4, 0.5) is 0 Å². The van der Waals surface area contributed by atoms with Gasteiger partial charge in [-0.05, 0) is 30.4 Å². The molecule has 23 heavy (non-hydrogen) atoms. The van der Waals surface area contributed by atoms with Gasteiger partial charge in [-0.25, -0.2) is 0 Å². The summed E-state index contributed by atoms with van der Waals surface area (Å²) in [6, 6.07) is 5.66. The van der Waals surface area contributed by atoms with E-state index in [9.17, 15) is 0 Å². The van der Waals surface area contributed by atoms with E-state index in [-0.39, 0.29) is 18.8 Å². The molecule has 0 aromatic heterocycles. The first-order valence-corrected chi connectivity index (χ1v) is 8.33. The minimum absolute atomic E-state index is 0.244. The molecular weight excluding hydrogens is 294 g/mol. The number of benzene rings is 1. The van der Waals surface area contributed by atoms with Crippen LogP contribution in [0, 0.1) is 5.41 Å². The van der Waals surface area contributed by atoms with Gasteiger partial charge in [-0.2, -0.15) is 0 Å². The van der Waals surface area contributed by atoms with Crippen LogP contribution in [0.5, 0.6) is 17.2 Å². The zero-order valence-electron chi connectivity index (χ0n) is 14.5. The molecule has 1 aliphatic heterocycles. The molecule has 1 aromatic rings. The Hall–Kier alpha value is -1.46. The lowest BCUT2D eigenvalue weighted by Gasteiger charge is -2.29. The van der Waals surface area contributed by atoms with Gasteiger partial charge in [-0.15, -0.1) is 0 Å². The predicted molar refractivity (Wildman–Crippen MR) is 90.3 cm³/mol. The van der Waals surface area contributed by atoms with E-state index in [1.165, 1.54) is 0 Å². The first kappa shape index (κ1) is 17.9. The quantitative estimate of drug-likeness (QED) is 0.708. The van der Waals surface area contributed by atoms with Crippen molar-refractivity contribution in [1.29, 1.82) is 0 Å². The van der Waals surface area contributed by atoms with Crippen LogP contribution in [0.2, 0.25) is 0 Å². The van der Waals surface area contributed by atoms with Crippen LogP contribution in [-0.2, 0) is 0 Å². The highest BCUT2D eigenvalue weighted by Gasteiger charge is 2.16. The molecule has 0 saturated carbocycles. The molecule has 1 N–H and O–H groups in total. The van der Waals surface area contributed by atoms with Gasteiger partial charge in [0.05, 0.1) is 6.61 Å². The van der Waals surface area contributed by atoms with Gasteiger partial charge in [-0.3, -0.25) is 0 Å². The molecule has 130 valence electrons. The highest BCUT2D eigenvalue weighted by atomic mass is 16.7. The molecule has 0 amide bonds. The summed E-state index contributed by atoms with van der Waals surface area (Å²) >= 11 is 0. The minimum Gasteiger partial charge on any atom is -0.493 e. The van der Waals surface area contributed by atoms with E-state index in [0.29, 0.717) is 6.61 Å². The van der Waals surface area contributed by atoms with Gasteiger partial charge in [0.1, 0.15) is 5.75 Å². The monoisotopic (exact) mass is 323 g/mol. The first-order chi connectivity index (χ1) is 11.0. The average Bonchev–Trinajstić information content (AvgIpc) is 2.95. The summed E-state index contributed by atoms with van der Waals surface area (Å²) in [6.45, 7) is 10.8. The average molecular weight is 323 g/mol. The minimum atomic E-state index is 0.244. The van der Waals surface area contributed by atoms with E-state index in [4.69, 9.17) is 19.3 Å². The Bertz CT molecular complexity index is 484. The molecule has 2 rings (SSSR count). The third-order valence-electron chi connectivity index (χ3n) is 3.56. The second-order valence-electron chi connectivity index (χ2n) is 7.13. The third kappa shape index (κ3) is 6.28. The highest BCUT2D eigenvalue weighted by Crippen LogP contribution is 2.35. The van der Waals surface area contributed by atoms with Crippen LogP contribution in [0.3, 0.4) is 0 Å². The highest BCUT2D eigenvalue weighted by molar-refractivity contribution is 5.46. The molecular formula is C18H29NO4. The fourth-order valence-electron chi connectivity index (χ4n) is 2.68. The van der Waals surface area contributed by atoms with Crippen LogP contribution in [0.15, 0.2) is 18.2 Å². The van der Waals surface area contributed by atoms with Crippen LogP contribution >= 0.6 is 0 Å². The topological polar surface area (TPSA) is 51.2 Å². The number of hydrogen-bond acceptors (Lipinski definition) is 5. The Balaban J connectivity index is 1.73. The molecule has 0 aliphatic carbocycles. The molecule has 1 aromatic carbocycles. The first-order valence-electron chi connectivity index (χ1n) is 8.33. The van der Waals surface area contributed by atoms with Crippen molar-refractivity contribution in [2.24, 2.45) is 5.41 Å². The number of fused-ring (bicyclic) bond motifs is 1. The smallest absolute Gasteiger partial charge is 0.231 e. The lowest BCUT2D eigenvalue weighted by atomic mass is 9.96. The van der Waals surface area contributed by atoms with Crippen molar-refractivity contribution in [3.05, 3.63) is 18.2 Å². The van der Waals surface area contributed by atoms with E-state index in [0.717, 1.165) is 49.7 Å². The van der Waals surface area contributed by atoms with Crippen molar-refractivity contribution in [2.75, 3.05) is 39.6 Å². The normalized spacial score (nSPS) is 13.6. The third-order valence-corrected chi connectivity index (χ3v) is 3.56. The second-order valence-corrected chi connectivity index (χ2v) is 7.13. The summed E-state index contributed by atoms with van der Waals surface area (Å²) < 4.78 is 16.4. The van der Waals surface area contributed by atoms with Gasteiger partial charge in [0.2, 0.25) is 6.79 Å². The molecule has 0 unspecified atom stereocenters. The van der Waals surface area contributed by atoms with E-state index < -0.39 is 0 Å². The molecule has 0 fully saturated rings. The lowest BCUT2D eigenvalue weighted by Crippen LogP contribution is -2.35. The fraction of sp³-hybridized carbons (Fsp3) is 0.667. The summed E-state index contributed by atoms with van der Waals surface area (Å²) in [6.07, 6.45) is 1.77. The predicted octanol–water partition coefficient (Wildman–Crippen LogP) is 2.91. The van der Waals surface area contributed by atoms with Crippen molar-refractivity contribution >= 4 is 0 Å². The summed E-state index contributed by atoms with van der Waals surface area (Å²) in [5, 5.41) is 9.04. The summed E-state index contributed by atoms with van der Waals surface area (Å²) in [4.78, 5) is 2.40. The van der Waals surface area contributed by atoms with Gasteiger partial charge >= 0.3 is 0 Å². The molecule has 1 aliphatic rings. The second kappa shape index (κ2) is 8.41. The number of nitrogens with zero attached hydrogens (tertiary/aromatic N) is 1. The molecule has 5 heteroatoms. The summed E-state index contributed by atoms with van der Waals surface area (Å²) in [5.74, 6) is 2.34. The Morgan fingerprint density at radius 3 is 2.61 bits per heavy atom. The van der Waals surface area contributed by atoms with Crippen molar-refractivity contribution < 1.29 is 19.3 Å². The maximum atomic E-state index is 9.04. The van der Waals surface area contributed by atoms with Gasteiger partial charge < -0.3 is 24.2 Å². The zero-order valence-corrected chi connectivity index (χ0v) is 14.5. The molecule has 5 nitrogen and oxygen atoms in total. The Labute approximate surface area is 139 Å². The molecule has 1 heterocycles. The van der Waals surface area contributed by atoms with Crippen LogP contribution < -0.4 is 14.2 Å². The van der Waals surface area contributed by atoms with Crippen molar-refractivity contribution in [2.45, 2.75) is 33.6 Å². The van der Waals surface area contributed by atoms with Crippen LogP contribution in [-0.4, -0.2) is 49.6 Å². The van der Waals surface area contributed by atoms with E-state index in [1.807, 2.05) is 18.2 Å². The zero-order chi connectivity index (χ0) is 16.7. The van der Waals surface area contributed by atoms with Gasteiger partial charge in [0.15, 0.2) is 11.5 Å². The number of rotatable bonds is 9. The van der Waals surface area contributed by atoms with E-state index in [2.05, 4.69) is 25.7 Å². The van der Waals surface area contributed by atoms with Crippen molar-refractivity contribution in [3.8, 4) is 17.2 Å². The van der Waals surface area contributed by atoms with Crippen molar-refractivity contribution in [1.82, 2.24) is 4.90 Å². The van der Waals surface area contributed by atoms with Crippen LogP contribution in [0.1, 0.15) is 33.6 Å². The Kier molecular flexibility index (Phi) is 6.54.